The minimum Gasteiger partial charge on any atom is -0.499 e. The maximum absolute atomic E-state index is 11.0. The summed E-state index contributed by atoms with van der Waals surface area (Å²) in [5, 5.41) is 0. The monoisotopic (exact) mass is 199 g/mol. The number of hydrogen-bond donors (Lipinski definition) is 1. The fraction of sp³-hybridized carbons (Fsp3) is 0.500. The summed E-state index contributed by atoms with van der Waals surface area (Å²) in [6, 6.07) is 0. The number of hydrogen-bond acceptors (Lipinski definition) is 4. The van der Waals surface area contributed by atoms with Gasteiger partial charge < -0.3 is 15.2 Å². The summed E-state index contributed by atoms with van der Waals surface area (Å²) in [6.07, 6.45) is 2.15. The van der Waals surface area contributed by atoms with Crippen molar-refractivity contribution in [1.82, 2.24) is 0 Å². The summed E-state index contributed by atoms with van der Waals surface area (Å²) in [7, 11) is 0. The van der Waals surface area contributed by atoms with Gasteiger partial charge in [-0.15, -0.1) is 0 Å². The van der Waals surface area contributed by atoms with Crippen molar-refractivity contribution < 1.29 is 14.3 Å². The summed E-state index contributed by atoms with van der Waals surface area (Å²) < 4.78 is 9.78. The van der Waals surface area contributed by atoms with Crippen LogP contribution >= 0.6 is 0 Å². The van der Waals surface area contributed by atoms with E-state index in [0.717, 1.165) is 0 Å². The summed E-state index contributed by atoms with van der Waals surface area (Å²) in [6.45, 7) is 7.86. The molecule has 0 saturated carbocycles. The Morgan fingerprint density at radius 2 is 2.14 bits per heavy atom. The van der Waals surface area contributed by atoms with Gasteiger partial charge in [0.15, 0.2) is 0 Å². The molecule has 0 aliphatic rings. The van der Waals surface area contributed by atoms with Gasteiger partial charge in [-0.3, -0.25) is 0 Å². The highest BCUT2D eigenvalue weighted by molar-refractivity contribution is 5.87. The Balaban J connectivity index is 3.76. The van der Waals surface area contributed by atoms with E-state index in [1.54, 1.807) is 19.9 Å². The first kappa shape index (κ1) is 12.6. The maximum Gasteiger partial charge on any atom is 0.353 e. The first-order chi connectivity index (χ1) is 6.57. The molecule has 0 atom stereocenters. The van der Waals surface area contributed by atoms with E-state index >= 15 is 0 Å². The van der Waals surface area contributed by atoms with Crippen LogP contribution in [0.5, 0.6) is 0 Å². The summed E-state index contributed by atoms with van der Waals surface area (Å²) >= 11 is 0. The molecule has 0 amide bonds. The molecule has 0 aliphatic carbocycles. The van der Waals surface area contributed by atoms with Crippen LogP contribution in [0.15, 0.2) is 24.1 Å². The van der Waals surface area contributed by atoms with Crippen molar-refractivity contribution >= 4 is 5.97 Å². The number of ether oxygens (including phenoxy) is 2. The molecule has 0 bridgehead atoms. The lowest BCUT2D eigenvalue weighted by Crippen LogP contribution is -2.14. The molecule has 0 heterocycles. The molecule has 4 heteroatoms. The fourth-order valence-corrected chi connectivity index (χ4v) is 0.745. The first-order valence-corrected chi connectivity index (χ1v) is 4.49. The SMILES string of the molecule is C=C(C)OCC/C=C(\N)C(=O)OCC. The van der Waals surface area contributed by atoms with Gasteiger partial charge in [0.25, 0.3) is 0 Å². The van der Waals surface area contributed by atoms with Crippen molar-refractivity contribution in [2.24, 2.45) is 5.73 Å². The molecule has 2 N–H and O–H groups in total. The largest absolute Gasteiger partial charge is 0.499 e. The predicted octanol–water partition coefficient (Wildman–Crippen LogP) is 1.33. The zero-order valence-corrected chi connectivity index (χ0v) is 8.71. The van der Waals surface area contributed by atoms with Crippen molar-refractivity contribution in [1.29, 1.82) is 0 Å². The number of nitrogens with two attached hydrogens (primary N) is 1. The lowest BCUT2D eigenvalue weighted by atomic mass is 10.3. The van der Waals surface area contributed by atoms with Crippen LogP contribution in [0.3, 0.4) is 0 Å². The number of carbonyl (C=O) groups excluding carboxylic acids is 1. The van der Waals surface area contributed by atoms with E-state index in [1.807, 2.05) is 0 Å². The van der Waals surface area contributed by atoms with Crippen LogP contribution in [0.4, 0.5) is 0 Å². The van der Waals surface area contributed by atoms with E-state index in [1.165, 1.54) is 0 Å². The number of carbonyl (C=O) groups is 1. The Bertz CT molecular complexity index is 234. The van der Waals surface area contributed by atoms with Crippen LogP contribution in [-0.2, 0) is 14.3 Å². The van der Waals surface area contributed by atoms with Crippen molar-refractivity contribution in [2.75, 3.05) is 13.2 Å². The molecule has 80 valence electrons. The fourth-order valence-electron chi connectivity index (χ4n) is 0.745. The first-order valence-electron chi connectivity index (χ1n) is 4.49. The van der Waals surface area contributed by atoms with E-state index < -0.39 is 5.97 Å². The van der Waals surface area contributed by atoms with Crippen LogP contribution < -0.4 is 5.73 Å². The molecular formula is C10H17NO3. The van der Waals surface area contributed by atoms with Gasteiger partial charge >= 0.3 is 5.97 Å². The number of allylic oxidation sites excluding steroid dienone is 1. The Kier molecular flexibility index (Phi) is 6.28. The molecule has 4 nitrogen and oxygen atoms in total. The lowest BCUT2D eigenvalue weighted by Gasteiger charge is -2.03. The maximum atomic E-state index is 11.0. The van der Waals surface area contributed by atoms with Crippen molar-refractivity contribution in [3.05, 3.63) is 24.1 Å². The molecule has 0 radical (unpaired) electrons. The second kappa shape index (κ2) is 7.00. The van der Waals surface area contributed by atoms with Gasteiger partial charge in [0.05, 0.1) is 19.0 Å². The van der Waals surface area contributed by atoms with Gasteiger partial charge in [0.1, 0.15) is 5.70 Å². The van der Waals surface area contributed by atoms with E-state index in [9.17, 15) is 4.79 Å². The van der Waals surface area contributed by atoms with E-state index in [2.05, 4.69) is 6.58 Å². The van der Waals surface area contributed by atoms with E-state index in [0.29, 0.717) is 25.4 Å². The molecule has 0 aromatic rings. The van der Waals surface area contributed by atoms with E-state index in [4.69, 9.17) is 15.2 Å². The third-order valence-electron chi connectivity index (χ3n) is 1.34. The normalized spacial score (nSPS) is 10.9. The summed E-state index contributed by atoms with van der Waals surface area (Å²) in [5.41, 5.74) is 5.55. The van der Waals surface area contributed by atoms with Gasteiger partial charge in [0, 0.05) is 6.42 Å². The minimum absolute atomic E-state index is 0.122. The van der Waals surface area contributed by atoms with Crippen LogP contribution in [0.1, 0.15) is 20.3 Å². The lowest BCUT2D eigenvalue weighted by molar-refractivity contribution is -0.138. The highest BCUT2D eigenvalue weighted by atomic mass is 16.5. The second-order valence-corrected chi connectivity index (χ2v) is 2.72. The minimum atomic E-state index is -0.483. The molecule has 0 fully saturated rings. The Labute approximate surface area is 84.4 Å². The van der Waals surface area contributed by atoms with Gasteiger partial charge in [-0.05, 0) is 13.8 Å². The number of esters is 1. The van der Waals surface area contributed by atoms with Crippen LogP contribution in [0, 0.1) is 0 Å². The highest BCUT2D eigenvalue weighted by Crippen LogP contribution is 1.96. The average molecular weight is 199 g/mol. The quantitative estimate of drug-likeness (QED) is 0.303. The Hall–Kier alpha value is -1.45. The van der Waals surface area contributed by atoms with Crippen LogP contribution in [0.25, 0.3) is 0 Å². The molecule has 0 aromatic heterocycles. The molecule has 0 unspecified atom stereocenters. The third-order valence-corrected chi connectivity index (χ3v) is 1.34. The van der Waals surface area contributed by atoms with Gasteiger partial charge in [-0.1, -0.05) is 12.7 Å². The van der Waals surface area contributed by atoms with Crippen molar-refractivity contribution in [3.8, 4) is 0 Å². The van der Waals surface area contributed by atoms with Crippen molar-refractivity contribution in [2.45, 2.75) is 20.3 Å². The predicted molar refractivity (Wildman–Crippen MR) is 54.3 cm³/mol. The zero-order valence-electron chi connectivity index (χ0n) is 8.71. The molecule has 0 aliphatic heterocycles. The zero-order chi connectivity index (χ0) is 11.0. The highest BCUT2D eigenvalue weighted by Gasteiger charge is 2.03. The molecular weight excluding hydrogens is 182 g/mol. The number of rotatable bonds is 6. The Morgan fingerprint density at radius 3 is 2.64 bits per heavy atom. The average Bonchev–Trinajstić information content (AvgIpc) is 2.12. The van der Waals surface area contributed by atoms with Crippen LogP contribution in [-0.4, -0.2) is 19.2 Å². The molecule has 0 rings (SSSR count). The molecule has 0 spiro atoms. The van der Waals surface area contributed by atoms with E-state index in [-0.39, 0.29) is 5.70 Å². The third kappa shape index (κ3) is 6.11. The summed E-state index contributed by atoms with van der Waals surface area (Å²) in [5.74, 6) is 0.163. The topological polar surface area (TPSA) is 61.5 Å². The Morgan fingerprint density at radius 1 is 1.50 bits per heavy atom. The molecule has 0 saturated heterocycles. The smallest absolute Gasteiger partial charge is 0.353 e. The molecule has 0 aromatic carbocycles. The van der Waals surface area contributed by atoms with Gasteiger partial charge in [0.2, 0.25) is 0 Å². The van der Waals surface area contributed by atoms with Crippen LogP contribution in [0.2, 0.25) is 0 Å². The van der Waals surface area contributed by atoms with Gasteiger partial charge in [-0.2, -0.15) is 0 Å². The summed E-state index contributed by atoms with van der Waals surface area (Å²) in [4.78, 5) is 11.0. The second-order valence-electron chi connectivity index (χ2n) is 2.72. The molecule has 14 heavy (non-hydrogen) atoms. The standard InChI is InChI=1S/C10H17NO3/c1-4-13-10(12)9(11)6-5-7-14-8(2)3/h6H,2,4-5,7,11H2,1,3H3/b9-6-. The van der Waals surface area contributed by atoms with Crippen molar-refractivity contribution in [3.63, 3.8) is 0 Å². The van der Waals surface area contributed by atoms with Gasteiger partial charge in [-0.25, -0.2) is 4.79 Å².